The Labute approximate surface area is 124 Å². The summed E-state index contributed by atoms with van der Waals surface area (Å²) in [4.78, 5) is 24.0. The minimum Gasteiger partial charge on any atom is -0.494 e. The molecule has 0 spiro atoms. The number of aliphatic carboxylic acids is 1. The molecule has 0 radical (unpaired) electrons. The van der Waals surface area contributed by atoms with Gasteiger partial charge in [0.1, 0.15) is 12.3 Å². The van der Waals surface area contributed by atoms with Crippen LogP contribution in [-0.4, -0.2) is 55.3 Å². The zero-order chi connectivity index (χ0) is 15.5. The summed E-state index contributed by atoms with van der Waals surface area (Å²) in [6.07, 6.45) is 0.792. The van der Waals surface area contributed by atoms with E-state index in [-0.39, 0.29) is 25.4 Å². The van der Waals surface area contributed by atoms with Crippen LogP contribution in [0.1, 0.15) is 12.8 Å². The lowest BCUT2D eigenvalue weighted by atomic mass is 10.2. The zero-order valence-corrected chi connectivity index (χ0v) is 12.2. The number of benzene rings is 1. The first kappa shape index (κ1) is 17.0. The summed E-state index contributed by atoms with van der Waals surface area (Å²) in [7, 11) is 1.51. The highest BCUT2D eigenvalue weighted by Crippen LogP contribution is 2.09. The van der Waals surface area contributed by atoms with Crippen LogP contribution in [-0.2, 0) is 14.3 Å². The first-order valence-electron chi connectivity index (χ1n) is 6.80. The second-order valence-corrected chi connectivity index (χ2v) is 4.47. The number of hydrogen-bond donors (Lipinski definition) is 1. The Hall–Kier alpha value is -2.08. The van der Waals surface area contributed by atoms with E-state index in [4.69, 9.17) is 14.6 Å². The highest BCUT2D eigenvalue weighted by atomic mass is 16.5. The van der Waals surface area contributed by atoms with Crippen LogP contribution in [0.2, 0.25) is 0 Å². The maximum atomic E-state index is 11.9. The van der Waals surface area contributed by atoms with E-state index >= 15 is 0 Å². The number of carbonyl (C=O) groups is 2. The standard InChI is InChI=1S/C15H21NO5/c1-20-11-9-16(12-15(18)19)14(17)8-5-10-21-13-6-3-2-4-7-13/h2-4,6-7H,5,8-12H2,1H3,(H,18,19). The SMILES string of the molecule is COCCN(CC(=O)O)C(=O)CCCOc1ccccc1. The van der Waals surface area contributed by atoms with Crippen molar-refractivity contribution in [3.8, 4) is 5.75 Å². The third-order valence-electron chi connectivity index (χ3n) is 2.79. The molecular formula is C15H21NO5. The molecule has 0 aromatic heterocycles. The third-order valence-corrected chi connectivity index (χ3v) is 2.79. The van der Waals surface area contributed by atoms with Crippen LogP contribution >= 0.6 is 0 Å². The van der Waals surface area contributed by atoms with E-state index in [1.54, 1.807) is 0 Å². The Morgan fingerprint density at radius 3 is 2.52 bits per heavy atom. The maximum absolute atomic E-state index is 11.9. The highest BCUT2D eigenvalue weighted by Gasteiger charge is 2.15. The summed E-state index contributed by atoms with van der Waals surface area (Å²) in [5.41, 5.74) is 0. The van der Waals surface area contributed by atoms with Gasteiger partial charge in [0, 0.05) is 20.1 Å². The quantitative estimate of drug-likeness (QED) is 0.660. The topological polar surface area (TPSA) is 76.1 Å². The molecule has 0 fully saturated rings. The van der Waals surface area contributed by atoms with Crippen molar-refractivity contribution in [3.63, 3.8) is 0 Å². The van der Waals surface area contributed by atoms with Gasteiger partial charge in [-0.1, -0.05) is 18.2 Å². The number of ether oxygens (including phenoxy) is 2. The molecule has 0 aliphatic rings. The van der Waals surface area contributed by atoms with Crippen molar-refractivity contribution in [2.24, 2.45) is 0 Å². The fourth-order valence-corrected chi connectivity index (χ4v) is 1.74. The molecule has 0 bridgehead atoms. The monoisotopic (exact) mass is 295 g/mol. The molecule has 6 heteroatoms. The number of nitrogens with zero attached hydrogens (tertiary/aromatic N) is 1. The highest BCUT2D eigenvalue weighted by molar-refractivity contribution is 5.81. The number of rotatable bonds is 10. The number of methoxy groups -OCH3 is 1. The van der Waals surface area contributed by atoms with E-state index < -0.39 is 5.97 Å². The first-order chi connectivity index (χ1) is 10.1. The average Bonchev–Trinajstić information content (AvgIpc) is 2.48. The van der Waals surface area contributed by atoms with E-state index in [9.17, 15) is 9.59 Å². The Bertz CT molecular complexity index is 435. The van der Waals surface area contributed by atoms with Crippen molar-refractivity contribution < 1.29 is 24.2 Å². The van der Waals surface area contributed by atoms with E-state index in [1.165, 1.54) is 12.0 Å². The fourth-order valence-electron chi connectivity index (χ4n) is 1.74. The Balaban J connectivity index is 2.30. The van der Waals surface area contributed by atoms with Crippen LogP contribution in [0.25, 0.3) is 0 Å². The number of amides is 1. The van der Waals surface area contributed by atoms with Gasteiger partial charge in [0.2, 0.25) is 5.91 Å². The van der Waals surface area contributed by atoms with Crippen LogP contribution in [0.4, 0.5) is 0 Å². The Kier molecular flexibility index (Phi) is 7.89. The zero-order valence-electron chi connectivity index (χ0n) is 12.2. The molecule has 1 amide bonds. The molecule has 1 N–H and O–H groups in total. The molecule has 6 nitrogen and oxygen atoms in total. The van der Waals surface area contributed by atoms with Crippen LogP contribution in [0, 0.1) is 0 Å². The first-order valence-corrected chi connectivity index (χ1v) is 6.80. The number of carbonyl (C=O) groups excluding carboxylic acids is 1. The van der Waals surface area contributed by atoms with Gasteiger partial charge in [0.05, 0.1) is 13.2 Å². The van der Waals surface area contributed by atoms with Gasteiger partial charge in [-0.05, 0) is 18.6 Å². The lowest BCUT2D eigenvalue weighted by Crippen LogP contribution is -2.38. The minimum atomic E-state index is -1.03. The van der Waals surface area contributed by atoms with E-state index in [0.29, 0.717) is 19.6 Å². The average molecular weight is 295 g/mol. The molecule has 0 unspecified atom stereocenters. The van der Waals surface area contributed by atoms with Gasteiger partial charge in [-0.3, -0.25) is 9.59 Å². The lowest BCUT2D eigenvalue weighted by molar-refractivity contribution is -0.145. The summed E-state index contributed by atoms with van der Waals surface area (Å²) in [6.45, 7) is 0.712. The second kappa shape index (κ2) is 9.77. The molecule has 0 aliphatic carbocycles. The van der Waals surface area contributed by atoms with Crippen molar-refractivity contribution in [1.29, 1.82) is 0 Å². The van der Waals surface area contributed by atoms with E-state index in [2.05, 4.69) is 0 Å². The second-order valence-electron chi connectivity index (χ2n) is 4.47. The third kappa shape index (κ3) is 7.31. The van der Waals surface area contributed by atoms with Gasteiger partial charge in [-0.15, -0.1) is 0 Å². The Morgan fingerprint density at radius 2 is 1.90 bits per heavy atom. The van der Waals surface area contributed by atoms with Crippen molar-refractivity contribution in [3.05, 3.63) is 30.3 Å². The molecule has 0 atom stereocenters. The smallest absolute Gasteiger partial charge is 0.323 e. The van der Waals surface area contributed by atoms with E-state index in [0.717, 1.165) is 5.75 Å². The predicted octanol–water partition coefficient (Wildman–Crippen LogP) is 1.41. The van der Waals surface area contributed by atoms with Crippen LogP contribution < -0.4 is 4.74 Å². The molecule has 1 aromatic rings. The summed E-state index contributed by atoms with van der Waals surface area (Å²) < 4.78 is 10.4. The predicted molar refractivity (Wildman–Crippen MR) is 77.3 cm³/mol. The fraction of sp³-hybridized carbons (Fsp3) is 0.467. The van der Waals surface area contributed by atoms with Crippen LogP contribution in [0.5, 0.6) is 5.75 Å². The number of carboxylic acids is 1. The molecule has 21 heavy (non-hydrogen) atoms. The van der Waals surface area contributed by atoms with Gasteiger partial charge in [0.25, 0.3) is 0 Å². The molecule has 0 aliphatic heterocycles. The van der Waals surface area contributed by atoms with Gasteiger partial charge in [-0.25, -0.2) is 0 Å². The largest absolute Gasteiger partial charge is 0.494 e. The van der Waals surface area contributed by atoms with Gasteiger partial charge < -0.3 is 19.5 Å². The normalized spacial score (nSPS) is 10.1. The summed E-state index contributed by atoms with van der Waals surface area (Å²) in [5.74, 6) is -0.474. The van der Waals surface area contributed by atoms with Crippen molar-refractivity contribution in [2.45, 2.75) is 12.8 Å². The molecule has 0 saturated carbocycles. The van der Waals surface area contributed by atoms with Gasteiger partial charge in [0.15, 0.2) is 0 Å². The lowest BCUT2D eigenvalue weighted by Gasteiger charge is -2.20. The van der Waals surface area contributed by atoms with Gasteiger partial charge >= 0.3 is 5.97 Å². The number of carboxylic acid groups (broad SMARTS) is 1. The summed E-state index contributed by atoms with van der Waals surface area (Å²) in [5, 5.41) is 8.79. The maximum Gasteiger partial charge on any atom is 0.323 e. The van der Waals surface area contributed by atoms with Crippen molar-refractivity contribution in [1.82, 2.24) is 4.90 Å². The molecule has 1 rings (SSSR count). The molecule has 0 heterocycles. The minimum absolute atomic E-state index is 0.203. The number of hydrogen-bond acceptors (Lipinski definition) is 4. The van der Waals surface area contributed by atoms with Crippen LogP contribution in [0.3, 0.4) is 0 Å². The molecule has 1 aromatic carbocycles. The van der Waals surface area contributed by atoms with Crippen molar-refractivity contribution >= 4 is 11.9 Å². The number of para-hydroxylation sites is 1. The molecular weight excluding hydrogens is 274 g/mol. The van der Waals surface area contributed by atoms with Gasteiger partial charge in [-0.2, -0.15) is 0 Å². The molecule has 0 saturated heterocycles. The van der Waals surface area contributed by atoms with Crippen LogP contribution in [0.15, 0.2) is 30.3 Å². The van der Waals surface area contributed by atoms with Crippen molar-refractivity contribution in [2.75, 3.05) is 33.4 Å². The molecule has 116 valence electrons. The Morgan fingerprint density at radius 1 is 1.19 bits per heavy atom. The summed E-state index contributed by atoms with van der Waals surface area (Å²) >= 11 is 0. The van der Waals surface area contributed by atoms with E-state index in [1.807, 2.05) is 30.3 Å². The summed E-state index contributed by atoms with van der Waals surface area (Å²) in [6, 6.07) is 9.34.